The van der Waals surface area contributed by atoms with E-state index in [-0.39, 0.29) is 22.6 Å². The molecule has 1 saturated carbocycles. The summed E-state index contributed by atoms with van der Waals surface area (Å²) >= 11 is 0. The van der Waals surface area contributed by atoms with Gasteiger partial charge in [-0.2, -0.15) is 23.4 Å². The molecule has 1 aliphatic rings. The second-order valence-electron chi connectivity index (χ2n) is 7.64. The molecule has 5 rings (SSSR count). The summed E-state index contributed by atoms with van der Waals surface area (Å²) in [6.45, 7) is 4.34. The number of halogens is 3. The Balaban J connectivity index is 1.85. The maximum atomic E-state index is 14.2. The number of alkyl halides is 3. The molecule has 0 bridgehead atoms. The Bertz CT molecular complexity index is 1230. The molecule has 0 N–H and O–H groups in total. The topological polar surface area (TPSA) is 48.5 Å². The van der Waals surface area contributed by atoms with Gasteiger partial charge in [-0.1, -0.05) is 18.2 Å². The second kappa shape index (κ2) is 6.68. The number of nitrogens with zero attached hydrogens (tertiary/aromatic N) is 5. The van der Waals surface area contributed by atoms with E-state index in [1.165, 1.54) is 0 Å². The zero-order chi connectivity index (χ0) is 21.0. The molecule has 5 nitrogen and oxygen atoms in total. The first kappa shape index (κ1) is 18.8. The summed E-state index contributed by atoms with van der Waals surface area (Å²) in [6.07, 6.45) is -1.07. The summed E-state index contributed by atoms with van der Waals surface area (Å²) in [5.74, 6) is 0.0517. The fourth-order valence-corrected chi connectivity index (χ4v) is 3.83. The van der Waals surface area contributed by atoms with Crippen LogP contribution in [-0.2, 0) is 12.7 Å². The first-order chi connectivity index (χ1) is 14.4. The Labute approximate surface area is 171 Å². The Morgan fingerprint density at radius 2 is 1.83 bits per heavy atom. The van der Waals surface area contributed by atoms with Gasteiger partial charge in [0.15, 0.2) is 5.65 Å². The minimum atomic E-state index is -4.52. The number of benzene rings is 1. The fraction of sp³-hybridized carbons (Fsp3) is 0.318. The lowest BCUT2D eigenvalue weighted by molar-refractivity contribution is -0.136. The normalized spacial score (nSPS) is 14.6. The van der Waals surface area contributed by atoms with Gasteiger partial charge in [-0.15, -0.1) is 0 Å². The molecule has 4 aromatic rings. The molecular weight excluding hydrogens is 391 g/mol. The highest BCUT2D eigenvalue weighted by Crippen LogP contribution is 2.47. The first-order valence-electron chi connectivity index (χ1n) is 9.97. The molecule has 0 spiro atoms. The van der Waals surface area contributed by atoms with E-state index in [1.807, 2.05) is 37.3 Å². The van der Waals surface area contributed by atoms with Gasteiger partial charge in [-0.3, -0.25) is 4.68 Å². The molecule has 3 heterocycles. The summed E-state index contributed by atoms with van der Waals surface area (Å²) < 4.78 is 45.8. The van der Waals surface area contributed by atoms with Gasteiger partial charge in [0.1, 0.15) is 0 Å². The van der Waals surface area contributed by atoms with Crippen LogP contribution in [0.1, 0.15) is 42.6 Å². The van der Waals surface area contributed by atoms with Gasteiger partial charge < -0.3 is 0 Å². The second-order valence-corrected chi connectivity index (χ2v) is 7.64. The predicted molar refractivity (Wildman–Crippen MR) is 107 cm³/mol. The van der Waals surface area contributed by atoms with Gasteiger partial charge in [0.2, 0.25) is 0 Å². The number of pyridine rings is 1. The average Bonchev–Trinajstić information content (AvgIpc) is 3.39. The number of aryl methyl sites for hydroxylation is 2. The molecule has 0 aliphatic heterocycles. The third-order valence-electron chi connectivity index (χ3n) is 5.48. The Morgan fingerprint density at radius 3 is 2.43 bits per heavy atom. The smallest absolute Gasteiger partial charge is 0.272 e. The molecule has 1 aromatic carbocycles. The first-order valence-corrected chi connectivity index (χ1v) is 9.97. The molecule has 0 saturated heterocycles. The van der Waals surface area contributed by atoms with E-state index in [9.17, 15) is 13.2 Å². The lowest BCUT2D eigenvalue weighted by atomic mass is 10.0. The van der Waals surface area contributed by atoms with Crippen molar-refractivity contribution in [1.82, 2.24) is 24.5 Å². The van der Waals surface area contributed by atoms with Crippen molar-refractivity contribution in [2.75, 3.05) is 0 Å². The summed E-state index contributed by atoms with van der Waals surface area (Å²) in [6, 6.07) is 10.3. The van der Waals surface area contributed by atoms with E-state index in [1.54, 1.807) is 22.5 Å². The van der Waals surface area contributed by atoms with Gasteiger partial charge >= 0.3 is 6.18 Å². The molecule has 154 valence electrons. The van der Waals surface area contributed by atoms with Crippen molar-refractivity contribution in [2.45, 2.75) is 45.3 Å². The van der Waals surface area contributed by atoms with Gasteiger partial charge in [0, 0.05) is 24.2 Å². The van der Waals surface area contributed by atoms with E-state index in [4.69, 9.17) is 0 Å². The lowest BCUT2D eigenvalue weighted by Gasteiger charge is -2.12. The predicted octanol–water partition coefficient (Wildman–Crippen LogP) is 5.51. The highest BCUT2D eigenvalue weighted by atomic mass is 19.4. The molecule has 1 aliphatic carbocycles. The van der Waals surface area contributed by atoms with Crippen LogP contribution < -0.4 is 0 Å². The standard InChI is InChI=1S/C22H20F3N5/c1-3-29-12-16(13(2)27-29)18-11-17(22(23,24)25)19-20(14-9-10-14)28-30(21(19)26-18)15-7-5-4-6-8-15/h4-8,11-12,14H,3,9-10H2,1-2H3. The van der Waals surface area contributed by atoms with Crippen molar-refractivity contribution in [3.8, 4) is 16.9 Å². The van der Waals surface area contributed by atoms with Gasteiger partial charge in [0.05, 0.1) is 33.7 Å². The number of fused-ring (bicyclic) bond motifs is 1. The molecule has 3 aromatic heterocycles. The monoisotopic (exact) mass is 411 g/mol. The minimum absolute atomic E-state index is 0.0517. The molecular formula is C22H20F3N5. The van der Waals surface area contributed by atoms with Crippen LogP contribution in [0, 0.1) is 6.92 Å². The summed E-state index contributed by atoms with van der Waals surface area (Å²) in [5.41, 5.74) is 2.22. The SMILES string of the molecule is CCn1cc(-c2cc(C(F)(F)F)c3c(C4CC4)nn(-c4ccccc4)c3n2)c(C)n1. The number of hydrogen-bond acceptors (Lipinski definition) is 3. The van der Waals surface area contributed by atoms with E-state index in [2.05, 4.69) is 15.2 Å². The van der Waals surface area contributed by atoms with Crippen molar-refractivity contribution < 1.29 is 13.2 Å². The van der Waals surface area contributed by atoms with Crippen molar-refractivity contribution >= 4 is 11.0 Å². The largest absolute Gasteiger partial charge is 0.417 e. The zero-order valence-corrected chi connectivity index (χ0v) is 16.6. The Hall–Kier alpha value is -3.16. The highest BCUT2D eigenvalue weighted by molar-refractivity contribution is 5.88. The molecule has 0 radical (unpaired) electrons. The average molecular weight is 411 g/mol. The fourth-order valence-electron chi connectivity index (χ4n) is 3.83. The number of para-hydroxylation sites is 1. The van der Waals surface area contributed by atoms with Crippen LogP contribution in [0.5, 0.6) is 0 Å². The molecule has 0 amide bonds. The molecule has 0 atom stereocenters. The van der Waals surface area contributed by atoms with Crippen molar-refractivity contribution in [3.05, 3.63) is 59.5 Å². The number of aromatic nitrogens is 5. The van der Waals surface area contributed by atoms with E-state index < -0.39 is 11.7 Å². The minimum Gasteiger partial charge on any atom is -0.272 e. The molecule has 1 fully saturated rings. The maximum absolute atomic E-state index is 14.2. The van der Waals surface area contributed by atoms with Crippen LogP contribution in [0.3, 0.4) is 0 Å². The number of hydrogen-bond donors (Lipinski definition) is 0. The zero-order valence-electron chi connectivity index (χ0n) is 16.6. The third kappa shape index (κ3) is 3.07. The van der Waals surface area contributed by atoms with Crippen LogP contribution in [-0.4, -0.2) is 24.5 Å². The maximum Gasteiger partial charge on any atom is 0.417 e. The Kier molecular flexibility index (Phi) is 4.20. The summed E-state index contributed by atoms with van der Waals surface area (Å²) in [5, 5.41) is 9.09. The van der Waals surface area contributed by atoms with Gasteiger partial charge in [0.25, 0.3) is 0 Å². The summed E-state index contributed by atoms with van der Waals surface area (Å²) in [4.78, 5) is 4.68. The number of rotatable bonds is 4. The van der Waals surface area contributed by atoms with Crippen LogP contribution in [0.25, 0.3) is 28.0 Å². The lowest BCUT2D eigenvalue weighted by Crippen LogP contribution is -2.08. The van der Waals surface area contributed by atoms with E-state index in [0.717, 1.165) is 18.9 Å². The quantitative estimate of drug-likeness (QED) is 0.445. The van der Waals surface area contributed by atoms with Crippen molar-refractivity contribution in [2.24, 2.45) is 0 Å². The summed E-state index contributed by atoms with van der Waals surface area (Å²) in [7, 11) is 0. The molecule has 30 heavy (non-hydrogen) atoms. The van der Waals surface area contributed by atoms with Crippen LogP contribution in [0.2, 0.25) is 0 Å². The van der Waals surface area contributed by atoms with Crippen LogP contribution >= 0.6 is 0 Å². The van der Waals surface area contributed by atoms with Crippen molar-refractivity contribution in [1.29, 1.82) is 0 Å². The van der Waals surface area contributed by atoms with Crippen LogP contribution in [0.15, 0.2) is 42.6 Å². The highest BCUT2D eigenvalue weighted by Gasteiger charge is 2.39. The van der Waals surface area contributed by atoms with Crippen LogP contribution in [0.4, 0.5) is 13.2 Å². The van der Waals surface area contributed by atoms with E-state index >= 15 is 0 Å². The van der Waals surface area contributed by atoms with E-state index in [0.29, 0.717) is 29.2 Å². The van der Waals surface area contributed by atoms with Gasteiger partial charge in [-0.05, 0) is 44.9 Å². The Morgan fingerprint density at radius 1 is 1.10 bits per heavy atom. The van der Waals surface area contributed by atoms with Gasteiger partial charge in [-0.25, -0.2) is 9.67 Å². The van der Waals surface area contributed by atoms with Crippen molar-refractivity contribution in [3.63, 3.8) is 0 Å². The molecule has 8 heteroatoms. The molecule has 0 unspecified atom stereocenters. The third-order valence-corrected chi connectivity index (χ3v) is 5.48.